The fraction of sp³-hybridized carbons (Fsp3) is 0.524. The highest BCUT2D eigenvalue weighted by Crippen LogP contribution is 2.44. The minimum Gasteiger partial charge on any atom is -0.381 e. The van der Waals surface area contributed by atoms with Crippen molar-refractivity contribution < 1.29 is 14.3 Å². The summed E-state index contributed by atoms with van der Waals surface area (Å²) in [6.45, 7) is 2.86. The molecular formula is C21H27N5O3. The number of carbonyl (C=O) groups excluding carboxylic acids is 2. The van der Waals surface area contributed by atoms with E-state index in [1.54, 1.807) is 36.4 Å². The molecule has 2 amide bonds. The molecule has 0 radical (unpaired) electrons. The van der Waals surface area contributed by atoms with Crippen molar-refractivity contribution in [2.24, 2.45) is 18.4 Å². The minimum absolute atomic E-state index is 0.0289. The number of likely N-dealkylation sites (tertiary alicyclic amines) is 1. The molecular weight excluding hydrogens is 370 g/mol. The number of amides is 2. The van der Waals surface area contributed by atoms with Gasteiger partial charge in [0.15, 0.2) is 0 Å². The van der Waals surface area contributed by atoms with E-state index in [2.05, 4.69) is 15.4 Å². The van der Waals surface area contributed by atoms with Crippen molar-refractivity contribution >= 4 is 11.8 Å². The van der Waals surface area contributed by atoms with Crippen LogP contribution in [0.1, 0.15) is 28.9 Å². The Balaban J connectivity index is 1.45. The smallest absolute Gasteiger partial charge is 0.272 e. The van der Waals surface area contributed by atoms with Gasteiger partial charge in [-0.2, -0.15) is 5.10 Å². The molecule has 0 aliphatic carbocycles. The van der Waals surface area contributed by atoms with Crippen LogP contribution < -0.4 is 5.32 Å². The molecule has 8 heteroatoms. The van der Waals surface area contributed by atoms with E-state index < -0.39 is 0 Å². The summed E-state index contributed by atoms with van der Waals surface area (Å²) in [7, 11) is 1.76. The van der Waals surface area contributed by atoms with Crippen LogP contribution in [0.4, 0.5) is 0 Å². The summed E-state index contributed by atoms with van der Waals surface area (Å²) in [6, 6.07) is 5.63. The third kappa shape index (κ3) is 4.03. The fourth-order valence-electron chi connectivity index (χ4n) is 4.52. The number of nitrogens with zero attached hydrogens (tertiary/aromatic N) is 4. The van der Waals surface area contributed by atoms with E-state index in [-0.39, 0.29) is 23.1 Å². The molecule has 4 heterocycles. The van der Waals surface area contributed by atoms with Gasteiger partial charge < -0.3 is 15.0 Å². The second-order valence-corrected chi connectivity index (χ2v) is 7.95. The SMILES string of the molecule is Cn1nccc1C(=O)N1CC(C(=O)NCCc2ccncc2)C2(CCOCC2)C1. The molecule has 29 heavy (non-hydrogen) atoms. The summed E-state index contributed by atoms with van der Waals surface area (Å²) in [5.74, 6) is -0.259. The monoisotopic (exact) mass is 397 g/mol. The van der Waals surface area contributed by atoms with Crippen LogP contribution in [-0.2, 0) is 23.0 Å². The Bertz CT molecular complexity index is 860. The molecule has 1 unspecified atom stereocenters. The highest BCUT2D eigenvalue weighted by atomic mass is 16.5. The Labute approximate surface area is 170 Å². The van der Waals surface area contributed by atoms with Gasteiger partial charge in [-0.05, 0) is 43.0 Å². The van der Waals surface area contributed by atoms with Crippen molar-refractivity contribution in [3.05, 3.63) is 48.0 Å². The van der Waals surface area contributed by atoms with Crippen molar-refractivity contribution in [1.82, 2.24) is 25.0 Å². The van der Waals surface area contributed by atoms with Crippen LogP contribution in [0.25, 0.3) is 0 Å². The normalized spacial score (nSPS) is 20.7. The van der Waals surface area contributed by atoms with E-state index in [4.69, 9.17) is 4.74 Å². The summed E-state index contributed by atoms with van der Waals surface area (Å²) in [5.41, 5.74) is 1.47. The van der Waals surface area contributed by atoms with Gasteiger partial charge in [0, 0.05) is 63.9 Å². The maximum absolute atomic E-state index is 13.1. The van der Waals surface area contributed by atoms with Crippen LogP contribution in [0.15, 0.2) is 36.8 Å². The van der Waals surface area contributed by atoms with Crippen LogP contribution in [0.5, 0.6) is 0 Å². The molecule has 154 valence electrons. The first-order chi connectivity index (χ1) is 14.1. The lowest BCUT2D eigenvalue weighted by Crippen LogP contribution is -2.44. The molecule has 2 aliphatic rings. The molecule has 1 N–H and O–H groups in total. The quantitative estimate of drug-likeness (QED) is 0.814. The molecule has 1 atom stereocenters. The number of hydrogen-bond acceptors (Lipinski definition) is 5. The molecule has 2 fully saturated rings. The highest BCUT2D eigenvalue weighted by molar-refractivity contribution is 5.93. The van der Waals surface area contributed by atoms with Gasteiger partial charge in [-0.15, -0.1) is 0 Å². The van der Waals surface area contributed by atoms with Gasteiger partial charge in [-0.3, -0.25) is 19.3 Å². The molecule has 2 saturated heterocycles. The van der Waals surface area contributed by atoms with E-state index >= 15 is 0 Å². The highest BCUT2D eigenvalue weighted by Gasteiger charge is 2.51. The molecule has 8 nitrogen and oxygen atoms in total. The minimum atomic E-state index is -0.221. The van der Waals surface area contributed by atoms with Gasteiger partial charge >= 0.3 is 0 Å². The number of pyridine rings is 1. The number of aromatic nitrogens is 3. The summed E-state index contributed by atoms with van der Waals surface area (Å²) < 4.78 is 7.14. The lowest BCUT2D eigenvalue weighted by molar-refractivity contribution is -0.129. The van der Waals surface area contributed by atoms with Crippen LogP contribution in [0.3, 0.4) is 0 Å². The van der Waals surface area contributed by atoms with Crippen molar-refractivity contribution in [1.29, 1.82) is 0 Å². The Hall–Kier alpha value is -2.74. The zero-order valence-electron chi connectivity index (χ0n) is 16.7. The summed E-state index contributed by atoms with van der Waals surface area (Å²) >= 11 is 0. The third-order valence-electron chi connectivity index (χ3n) is 6.24. The van der Waals surface area contributed by atoms with Crippen LogP contribution in [-0.4, -0.2) is 64.3 Å². The van der Waals surface area contributed by atoms with Crippen LogP contribution >= 0.6 is 0 Å². The molecule has 2 aliphatic heterocycles. The van der Waals surface area contributed by atoms with Gasteiger partial charge in [-0.1, -0.05) is 0 Å². The first-order valence-electron chi connectivity index (χ1n) is 10.1. The van der Waals surface area contributed by atoms with E-state index in [9.17, 15) is 9.59 Å². The molecule has 1 spiro atoms. The number of ether oxygens (including phenoxy) is 1. The third-order valence-corrected chi connectivity index (χ3v) is 6.24. The molecule has 2 aromatic rings. The average molecular weight is 397 g/mol. The van der Waals surface area contributed by atoms with Gasteiger partial charge in [0.05, 0.1) is 5.92 Å². The summed E-state index contributed by atoms with van der Waals surface area (Å²) in [5, 5.41) is 7.20. The second kappa shape index (κ2) is 8.32. The maximum Gasteiger partial charge on any atom is 0.272 e. The zero-order chi connectivity index (χ0) is 20.3. The lowest BCUT2D eigenvalue weighted by atomic mass is 9.71. The number of nitrogens with one attached hydrogen (secondary N) is 1. The fourth-order valence-corrected chi connectivity index (χ4v) is 4.52. The number of rotatable bonds is 5. The predicted octanol–water partition coefficient (Wildman–Crippen LogP) is 1.04. The first-order valence-corrected chi connectivity index (χ1v) is 10.1. The van der Waals surface area contributed by atoms with Crippen LogP contribution in [0.2, 0.25) is 0 Å². The number of hydrogen-bond donors (Lipinski definition) is 1. The lowest BCUT2D eigenvalue weighted by Gasteiger charge is -2.37. The van der Waals surface area contributed by atoms with Crippen molar-refractivity contribution in [2.45, 2.75) is 19.3 Å². The molecule has 2 aromatic heterocycles. The Morgan fingerprint density at radius 1 is 1.21 bits per heavy atom. The van der Waals surface area contributed by atoms with E-state index in [0.717, 1.165) is 24.8 Å². The number of aryl methyl sites for hydroxylation is 1. The first kappa shape index (κ1) is 19.6. The van der Waals surface area contributed by atoms with Gasteiger partial charge in [-0.25, -0.2) is 0 Å². The average Bonchev–Trinajstić information content (AvgIpc) is 3.33. The van der Waals surface area contributed by atoms with Crippen molar-refractivity contribution in [2.75, 3.05) is 32.8 Å². The van der Waals surface area contributed by atoms with Gasteiger partial charge in [0.1, 0.15) is 5.69 Å². The summed E-state index contributed by atoms with van der Waals surface area (Å²) in [4.78, 5) is 32.0. The Morgan fingerprint density at radius 3 is 2.66 bits per heavy atom. The van der Waals surface area contributed by atoms with Crippen molar-refractivity contribution in [3.8, 4) is 0 Å². The molecule has 0 aromatic carbocycles. The van der Waals surface area contributed by atoms with Crippen molar-refractivity contribution in [3.63, 3.8) is 0 Å². The standard InChI is InChI=1S/C21H27N5O3/c1-25-18(5-11-24-25)20(28)26-14-17(21(15-26)6-12-29-13-7-21)19(27)23-10-4-16-2-8-22-9-3-16/h2-3,5,8-9,11,17H,4,6-7,10,12-15H2,1H3,(H,23,27). The Kier molecular flexibility index (Phi) is 5.62. The molecule has 0 saturated carbocycles. The largest absolute Gasteiger partial charge is 0.381 e. The predicted molar refractivity (Wildman–Crippen MR) is 106 cm³/mol. The molecule has 4 rings (SSSR count). The van der Waals surface area contributed by atoms with Gasteiger partial charge in [0.25, 0.3) is 5.91 Å². The molecule has 0 bridgehead atoms. The number of carbonyl (C=O) groups is 2. The second-order valence-electron chi connectivity index (χ2n) is 7.95. The van der Waals surface area contributed by atoms with E-state index in [0.29, 0.717) is 38.5 Å². The maximum atomic E-state index is 13.1. The van der Waals surface area contributed by atoms with E-state index in [1.165, 1.54) is 0 Å². The van der Waals surface area contributed by atoms with E-state index in [1.807, 2.05) is 17.0 Å². The topological polar surface area (TPSA) is 89.4 Å². The van der Waals surface area contributed by atoms with Gasteiger partial charge in [0.2, 0.25) is 5.91 Å². The zero-order valence-corrected chi connectivity index (χ0v) is 16.7. The summed E-state index contributed by atoms with van der Waals surface area (Å²) in [6.07, 6.45) is 7.49. The van der Waals surface area contributed by atoms with Crippen LogP contribution in [0, 0.1) is 11.3 Å². The Morgan fingerprint density at radius 2 is 1.97 bits per heavy atom.